The van der Waals surface area contributed by atoms with Gasteiger partial charge in [0.05, 0.1) is 30.0 Å². The second-order valence-electron chi connectivity index (χ2n) is 8.89. The largest absolute Gasteiger partial charge is 1.20 e. The molecule has 0 aliphatic carbocycles. The lowest BCUT2D eigenvalue weighted by atomic mass is 9.87. The molecule has 0 rings (SSSR count). The van der Waals surface area contributed by atoms with Crippen molar-refractivity contribution in [2.45, 2.75) is 69.2 Å². The fourth-order valence-corrected chi connectivity index (χ4v) is 3.46. The van der Waals surface area contributed by atoms with Crippen LogP contribution < -0.4 is 0 Å². The standard InChI is InChI=1S/C11H20O2.C6H10O3.C5H8O2.Al/c1-10(2,3)8(12)7-9(13)11(4,5)6;1-3-9-6(8)4-5(2)7;1-4(6)3-5(2)7;/h7,12H,1-6H3;4,7H,3H2,1-2H3;3,6H,1-2H3;/q;;;+3/p-3. The van der Waals surface area contributed by atoms with Gasteiger partial charge in [-0.15, -0.1) is 0 Å². The van der Waals surface area contributed by atoms with Crippen molar-refractivity contribution >= 4 is 32.7 Å². The Morgan fingerprint density at radius 3 is 1.67 bits per heavy atom. The van der Waals surface area contributed by atoms with Gasteiger partial charge in [-0.3, -0.25) is 9.59 Å². The van der Waals surface area contributed by atoms with Gasteiger partial charge in [0.25, 0.3) is 0 Å². The first-order valence-corrected chi connectivity index (χ1v) is 11.3. The molecule has 0 saturated heterocycles. The van der Waals surface area contributed by atoms with E-state index in [-0.39, 0.29) is 23.9 Å². The van der Waals surface area contributed by atoms with E-state index in [1.165, 1.54) is 25.2 Å². The lowest BCUT2D eigenvalue weighted by molar-refractivity contribution is -0.137. The summed E-state index contributed by atoms with van der Waals surface area (Å²) in [6.45, 7) is 17.7. The van der Waals surface area contributed by atoms with Gasteiger partial charge in [0.1, 0.15) is 0 Å². The zero-order chi connectivity index (χ0) is 23.7. The lowest BCUT2D eigenvalue weighted by Gasteiger charge is -2.27. The molecule has 0 saturated carbocycles. The van der Waals surface area contributed by atoms with Crippen molar-refractivity contribution in [2.24, 2.45) is 10.8 Å². The number of esters is 1. The first-order chi connectivity index (χ1) is 13.6. The highest BCUT2D eigenvalue weighted by Gasteiger charge is 2.46. The Balaban J connectivity index is 5.90. The van der Waals surface area contributed by atoms with E-state index in [9.17, 15) is 14.4 Å². The maximum atomic E-state index is 12.6. The maximum Gasteiger partial charge on any atom is 1.20 e. The summed E-state index contributed by atoms with van der Waals surface area (Å²) in [6, 6.07) is 0. The number of rotatable bonds is 10. The summed E-state index contributed by atoms with van der Waals surface area (Å²) < 4.78 is 22.4. The van der Waals surface area contributed by atoms with Crippen LogP contribution in [0.2, 0.25) is 0 Å². The van der Waals surface area contributed by atoms with Crippen molar-refractivity contribution in [1.82, 2.24) is 0 Å². The zero-order valence-corrected chi connectivity index (χ0v) is 21.0. The summed E-state index contributed by atoms with van der Waals surface area (Å²) in [7, 11) is 0. The van der Waals surface area contributed by atoms with E-state index in [4.69, 9.17) is 16.1 Å². The maximum absolute atomic E-state index is 12.6. The molecule has 0 spiro atoms. The Morgan fingerprint density at radius 2 is 1.27 bits per heavy atom. The first kappa shape index (κ1) is 28.0. The van der Waals surface area contributed by atoms with Gasteiger partial charge in [0.15, 0.2) is 11.6 Å². The average molecular weight is 438 g/mol. The molecule has 8 heteroatoms. The second-order valence-corrected chi connectivity index (χ2v) is 10.2. The third-order valence-corrected chi connectivity index (χ3v) is 5.12. The van der Waals surface area contributed by atoms with Crippen LogP contribution in [0, 0.1) is 10.8 Å². The average Bonchev–Trinajstić information content (AvgIpc) is 2.51. The van der Waals surface area contributed by atoms with Crippen LogP contribution in [-0.2, 0) is 30.5 Å². The van der Waals surface area contributed by atoms with Crippen molar-refractivity contribution in [2.75, 3.05) is 6.61 Å². The van der Waals surface area contributed by atoms with E-state index >= 15 is 0 Å². The van der Waals surface area contributed by atoms with Gasteiger partial charge in [0, 0.05) is 23.0 Å². The summed E-state index contributed by atoms with van der Waals surface area (Å²) in [4.78, 5) is 35.6. The molecule has 0 aromatic heterocycles. The minimum absolute atomic E-state index is 0.102. The molecule has 0 aromatic carbocycles. The highest BCUT2D eigenvalue weighted by atomic mass is 27.3. The Kier molecular flexibility index (Phi) is 11.2. The summed E-state index contributed by atoms with van der Waals surface area (Å²) in [6.07, 6.45) is 3.97. The zero-order valence-electron chi connectivity index (χ0n) is 19.9. The van der Waals surface area contributed by atoms with Gasteiger partial charge in [-0.2, -0.15) is 0 Å². The normalized spacial score (nSPS) is 13.5. The van der Waals surface area contributed by atoms with Crippen molar-refractivity contribution in [3.8, 4) is 0 Å². The SMILES string of the molecule is CCOC(=O)C=C(C)[O][Al]([O]C(C)=CC(C)=O)[O]C(=CC(=O)C(C)(C)C)C(C)(C)C. The molecule has 0 aromatic rings. The van der Waals surface area contributed by atoms with Gasteiger partial charge in [0.2, 0.25) is 0 Å². The second kappa shape index (κ2) is 12.0. The number of carbonyl (C=O) groups excluding carboxylic acids is 3. The van der Waals surface area contributed by atoms with Crippen LogP contribution in [0.3, 0.4) is 0 Å². The number of hydrogen-bond acceptors (Lipinski definition) is 7. The van der Waals surface area contributed by atoms with Crippen LogP contribution in [0.5, 0.6) is 0 Å². The summed E-state index contributed by atoms with van der Waals surface area (Å²) in [5.41, 5.74) is -1.08. The van der Waals surface area contributed by atoms with Gasteiger partial charge in [-0.25, -0.2) is 4.79 Å². The van der Waals surface area contributed by atoms with E-state index in [1.807, 2.05) is 41.5 Å². The first-order valence-electron chi connectivity index (χ1n) is 9.86. The third-order valence-electron chi connectivity index (χ3n) is 3.54. The van der Waals surface area contributed by atoms with E-state index in [2.05, 4.69) is 0 Å². The van der Waals surface area contributed by atoms with E-state index in [1.54, 1.807) is 20.8 Å². The highest BCUT2D eigenvalue weighted by Crippen LogP contribution is 2.29. The van der Waals surface area contributed by atoms with Crippen LogP contribution in [-0.4, -0.2) is 39.3 Å². The van der Waals surface area contributed by atoms with Gasteiger partial charge >= 0.3 is 21.1 Å². The number of ketones is 2. The molecule has 0 aliphatic rings. The molecule has 7 nitrogen and oxygen atoms in total. The topological polar surface area (TPSA) is 88.1 Å². The van der Waals surface area contributed by atoms with Crippen molar-refractivity contribution in [3.63, 3.8) is 0 Å². The minimum Gasteiger partial charge on any atom is -0.580 e. The highest BCUT2D eigenvalue weighted by molar-refractivity contribution is 6.37. The van der Waals surface area contributed by atoms with E-state index in [0.29, 0.717) is 11.5 Å². The molecule has 0 N–H and O–H groups in total. The minimum atomic E-state index is -2.97. The van der Waals surface area contributed by atoms with Crippen LogP contribution in [0.4, 0.5) is 0 Å². The number of hydrogen-bond donors (Lipinski definition) is 0. The molecule has 0 radical (unpaired) electrons. The van der Waals surface area contributed by atoms with Crippen LogP contribution in [0.25, 0.3) is 0 Å². The Morgan fingerprint density at radius 1 is 0.767 bits per heavy atom. The quantitative estimate of drug-likeness (QED) is 0.214. The molecule has 0 fully saturated rings. The van der Waals surface area contributed by atoms with Crippen LogP contribution in [0.1, 0.15) is 69.2 Å². The van der Waals surface area contributed by atoms with E-state index in [0.717, 1.165) is 0 Å². The Labute approximate surface area is 185 Å². The number of carbonyl (C=O) groups is 3. The predicted molar refractivity (Wildman–Crippen MR) is 116 cm³/mol. The molecule has 0 amide bonds. The van der Waals surface area contributed by atoms with Crippen molar-refractivity contribution < 1.29 is 30.5 Å². The molecule has 0 aliphatic heterocycles. The van der Waals surface area contributed by atoms with Crippen LogP contribution >= 0.6 is 0 Å². The number of ether oxygens (including phenoxy) is 1. The molecule has 0 atom stereocenters. The van der Waals surface area contributed by atoms with Gasteiger partial charge in [-0.1, -0.05) is 41.5 Å². The van der Waals surface area contributed by atoms with Crippen LogP contribution in [0.15, 0.2) is 35.5 Å². The lowest BCUT2D eigenvalue weighted by Crippen LogP contribution is -2.31. The van der Waals surface area contributed by atoms with Crippen molar-refractivity contribution in [3.05, 3.63) is 35.5 Å². The third kappa shape index (κ3) is 11.8. The molecule has 0 bridgehead atoms. The molecule has 30 heavy (non-hydrogen) atoms. The molecule has 0 heterocycles. The molecule has 0 unspecified atom stereocenters. The smallest absolute Gasteiger partial charge is 0.580 e. The van der Waals surface area contributed by atoms with Gasteiger partial charge < -0.3 is 16.1 Å². The fourth-order valence-electron chi connectivity index (χ4n) is 1.95. The summed E-state index contributed by atoms with van der Waals surface area (Å²) >= 11 is -2.97. The summed E-state index contributed by atoms with van der Waals surface area (Å²) in [5.74, 6) is 0.130. The molecular formula is C22H35AlO7. The monoisotopic (exact) mass is 438 g/mol. The number of allylic oxidation sites excluding steroid dienone is 5. The molecular weight excluding hydrogens is 403 g/mol. The summed E-state index contributed by atoms with van der Waals surface area (Å²) in [5, 5.41) is 0. The van der Waals surface area contributed by atoms with Gasteiger partial charge in [-0.05, 0) is 27.7 Å². The fraction of sp³-hybridized carbons (Fsp3) is 0.591. The Hall–Kier alpha value is -2.04. The van der Waals surface area contributed by atoms with Crippen molar-refractivity contribution in [1.29, 1.82) is 0 Å². The molecule has 168 valence electrons. The Bertz CT molecular complexity index is 719. The predicted octanol–water partition coefficient (Wildman–Crippen LogP) is 4.53. The van der Waals surface area contributed by atoms with E-state index < -0.39 is 31.9 Å².